The first-order valence-electron chi connectivity index (χ1n) is 6.66. The summed E-state index contributed by atoms with van der Waals surface area (Å²) < 4.78 is 0. The lowest BCUT2D eigenvalue weighted by atomic mass is 9.98. The van der Waals surface area contributed by atoms with Crippen molar-refractivity contribution in [3.63, 3.8) is 0 Å². The van der Waals surface area contributed by atoms with Gasteiger partial charge in [0.15, 0.2) is 0 Å². The normalized spacial score (nSPS) is 11.1. The number of benzene rings is 2. The molecule has 0 bridgehead atoms. The molecule has 0 amide bonds. The molecule has 5 heteroatoms. The Morgan fingerprint density at radius 2 is 1.29 bits per heavy atom. The minimum Gasteiger partial charge on any atom is -0.306 e. The van der Waals surface area contributed by atoms with E-state index in [-0.39, 0.29) is 6.04 Å². The van der Waals surface area contributed by atoms with Crippen molar-refractivity contribution in [2.45, 2.75) is 19.4 Å². The molecule has 2 aromatic carbocycles. The highest BCUT2D eigenvalue weighted by molar-refractivity contribution is 6.42. The monoisotopic (exact) mass is 361 g/mol. The summed E-state index contributed by atoms with van der Waals surface area (Å²) in [6.45, 7) is 3.00. The molecule has 0 aliphatic heterocycles. The molecule has 0 heterocycles. The molecule has 21 heavy (non-hydrogen) atoms. The standard InChI is InChI=1S/C16H15Cl4N/c1-2-7-21-16(10-3-5-12(17)14(19)8-10)11-4-6-13(18)15(20)9-11/h3-6,8-9,16,21H,2,7H2,1H3. The molecule has 112 valence electrons. The lowest BCUT2D eigenvalue weighted by Crippen LogP contribution is -2.23. The number of rotatable bonds is 5. The van der Waals surface area contributed by atoms with Crippen LogP contribution in [0.15, 0.2) is 36.4 Å². The lowest BCUT2D eigenvalue weighted by Gasteiger charge is -2.20. The summed E-state index contributed by atoms with van der Waals surface area (Å²) >= 11 is 24.2. The van der Waals surface area contributed by atoms with Crippen LogP contribution < -0.4 is 5.32 Å². The first-order valence-corrected chi connectivity index (χ1v) is 8.17. The van der Waals surface area contributed by atoms with Gasteiger partial charge >= 0.3 is 0 Å². The number of hydrogen-bond acceptors (Lipinski definition) is 1. The quantitative estimate of drug-likeness (QED) is 0.649. The van der Waals surface area contributed by atoms with Crippen LogP contribution >= 0.6 is 46.4 Å². The summed E-state index contributed by atoms with van der Waals surface area (Å²) in [7, 11) is 0. The van der Waals surface area contributed by atoms with E-state index in [1.54, 1.807) is 12.1 Å². The Morgan fingerprint density at radius 3 is 1.67 bits per heavy atom. The van der Waals surface area contributed by atoms with Gasteiger partial charge in [-0.15, -0.1) is 0 Å². The van der Waals surface area contributed by atoms with Gasteiger partial charge in [-0.05, 0) is 48.4 Å². The zero-order valence-electron chi connectivity index (χ0n) is 11.5. The van der Waals surface area contributed by atoms with Crippen LogP contribution in [0.1, 0.15) is 30.5 Å². The summed E-state index contributed by atoms with van der Waals surface area (Å²) in [5, 5.41) is 5.66. The van der Waals surface area contributed by atoms with Crippen molar-refractivity contribution >= 4 is 46.4 Å². The fraction of sp³-hybridized carbons (Fsp3) is 0.250. The summed E-state index contributed by atoms with van der Waals surface area (Å²) in [5.41, 5.74) is 2.08. The largest absolute Gasteiger partial charge is 0.306 e. The first-order chi connectivity index (χ1) is 10.0. The Balaban J connectivity index is 2.41. The van der Waals surface area contributed by atoms with E-state index >= 15 is 0 Å². The predicted octanol–water partition coefficient (Wildman–Crippen LogP) is 6.39. The molecule has 0 radical (unpaired) electrons. The van der Waals surface area contributed by atoms with Gasteiger partial charge in [0, 0.05) is 0 Å². The predicted molar refractivity (Wildman–Crippen MR) is 93.1 cm³/mol. The molecule has 1 nitrogen and oxygen atoms in total. The molecule has 2 aromatic rings. The van der Waals surface area contributed by atoms with E-state index in [0.717, 1.165) is 24.1 Å². The zero-order chi connectivity index (χ0) is 15.4. The van der Waals surface area contributed by atoms with Gasteiger partial charge in [-0.25, -0.2) is 0 Å². The molecular formula is C16H15Cl4N. The molecule has 0 aliphatic rings. The van der Waals surface area contributed by atoms with E-state index in [2.05, 4.69) is 12.2 Å². The number of hydrogen-bond donors (Lipinski definition) is 1. The minimum atomic E-state index is -0.00511. The highest BCUT2D eigenvalue weighted by atomic mass is 35.5. The second-order valence-corrected chi connectivity index (χ2v) is 6.36. The summed E-state index contributed by atoms with van der Waals surface area (Å²) in [6.07, 6.45) is 1.03. The van der Waals surface area contributed by atoms with Gasteiger partial charge in [-0.3, -0.25) is 0 Å². The van der Waals surface area contributed by atoms with Crippen molar-refractivity contribution in [1.82, 2.24) is 5.32 Å². The van der Waals surface area contributed by atoms with Gasteiger partial charge in [0.2, 0.25) is 0 Å². The number of nitrogens with one attached hydrogen (secondary N) is 1. The summed E-state index contributed by atoms with van der Waals surface area (Å²) in [4.78, 5) is 0. The van der Waals surface area contributed by atoms with Crippen LogP contribution in [0.2, 0.25) is 20.1 Å². The fourth-order valence-corrected chi connectivity index (χ4v) is 2.71. The maximum Gasteiger partial charge on any atom is 0.0595 e. The molecule has 0 aromatic heterocycles. The van der Waals surface area contributed by atoms with Crippen LogP contribution in [0, 0.1) is 0 Å². The minimum absolute atomic E-state index is 0.00511. The van der Waals surface area contributed by atoms with Crippen molar-refractivity contribution in [3.05, 3.63) is 67.6 Å². The smallest absolute Gasteiger partial charge is 0.0595 e. The Kier molecular flexibility index (Phi) is 6.21. The topological polar surface area (TPSA) is 12.0 Å². The molecule has 0 fully saturated rings. The average Bonchev–Trinajstić information content (AvgIpc) is 2.46. The Hall–Kier alpha value is -0.440. The van der Waals surface area contributed by atoms with Crippen LogP contribution in [0.3, 0.4) is 0 Å². The Labute approximate surface area is 145 Å². The van der Waals surface area contributed by atoms with Gasteiger partial charge in [-0.2, -0.15) is 0 Å². The third-order valence-corrected chi connectivity index (χ3v) is 4.63. The highest BCUT2D eigenvalue weighted by Gasteiger charge is 2.15. The second kappa shape index (κ2) is 7.71. The maximum absolute atomic E-state index is 6.13. The van der Waals surface area contributed by atoms with Crippen molar-refractivity contribution in [2.75, 3.05) is 6.54 Å². The van der Waals surface area contributed by atoms with Crippen LogP contribution in [0.5, 0.6) is 0 Å². The van der Waals surface area contributed by atoms with Gasteiger partial charge in [0.25, 0.3) is 0 Å². The molecule has 0 aliphatic carbocycles. The zero-order valence-corrected chi connectivity index (χ0v) is 14.5. The highest BCUT2D eigenvalue weighted by Crippen LogP contribution is 2.31. The second-order valence-electron chi connectivity index (χ2n) is 4.73. The Morgan fingerprint density at radius 1 is 0.810 bits per heavy atom. The van der Waals surface area contributed by atoms with Crippen molar-refractivity contribution in [3.8, 4) is 0 Å². The van der Waals surface area contributed by atoms with E-state index in [1.165, 1.54) is 0 Å². The average molecular weight is 363 g/mol. The van der Waals surface area contributed by atoms with Crippen LogP contribution in [-0.4, -0.2) is 6.54 Å². The van der Waals surface area contributed by atoms with E-state index in [1.807, 2.05) is 24.3 Å². The molecule has 1 N–H and O–H groups in total. The lowest BCUT2D eigenvalue weighted by molar-refractivity contribution is 0.598. The van der Waals surface area contributed by atoms with Gasteiger partial charge in [0.1, 0.15) is 0 Å². The molecule has 0 saturated carbocycles. The third-order valence-electron chi connectivity index (χ3n) is 3.15. The molecule has 0 saturated heterocycles. The summed E-state index contributed by atoms with van der Waals surface area (Å²) in [6, 6.07) is 11.3. The maximum atomic E-state index is 6.13. The molecular weight excluding hydrogens is 348 g/mol. The van der Waals surface area contributed by atoms with Crippen molar-refractivity contribution < 1.29 is 0 Å². The fourth-order valence-electron chi connectivity index (χ4n) is 2.10. The van der Waals surface area contributed by atoms with Crippen molar-refractivity contribution in [1.29, 1.82) is 0 Å². The molecule has 0 spiro atoms. The van der Waals surface area contributed by atoms with Gasteiger partial charge in [0.05, 0.1) is 26.1 Å². The third kappa shape index (κ3) is 4.28. The number of halogens is 4. The van der Waals surface area contributed by atoms with Gasteiger partial charge in [-0.1, -0.05) is 65.5 Å². The molecule has 2 rings (SSSR count). The van der Waals surface area contributed by atoms with E-state index in [9.17, 15) is 0 Å². The summed E-state index contributed by atoms with van der Waals surface area (Å²) in [5.74, 6) is 0. The first kappa shape index (κ1) is 16.9. The Bertz CT molecular complexity index is 576. The molecule has 0 atom stereocenters. The van der Waals surface area contributed by atoms with Crippen LogP contribution in [-0.2, 0) is 0 Å². The van der Waals surface area contributed by atoms with Crippen molar-refractivity contribution in [2.24, 2.45) is 0 Å². The molecule has 0 unspecified atom stereocenters. The van der Waals surface area contributed by atoms with E-state index < -0.39 is 0 Å². The van der Waals surface area contributed by atoms with Crippen LogP contribution in [0.25, 0.3) is 0 Å². The SMILES string of the molecule is CCCNC(c1ccc(Cl)c(Cl)c1)c1ccc(Cl)c(Cl)c1. The van der Waals surface area contributed by atoms with Crippen LogP contribution in [0.4, 0.5) is 0 Å². The van der Waals surface area contributed by atoms with E-state index in [0.29, 0.717) is 20.1 Å². The van der Waals surface area contributed by atoms with E-state index in [4.69, 9.17) is 46.4 Å². The van der Waals surface area contributed by atoms with Gasteiger partial charge < -0.3 is 5.32 Å².